The summed E-state index contributed by atoms with van der Waals surface area (Å²) >= 11 is 0. The number of nitrogens with one attached hydrogen (secondary N) is 1. The van der Waals surface area contributed by atoms with Gasteiger partial charge >= 0.3 is 11.9 Å². The van der Waals surface area contributed by atoms with Gasteiger partial charge in [0.05, 0.1) is 25.5 Å². The number of rotatable bonds is 7. The number of esters is 2. The van der Waals surface area contributed by atoms with Gasteiger partial charge in [-0.15, -0.1) is 0 Å². The minimum atomic E-state index is -0.774. The molecule has 0 radical (unpaired) electrons. The Labute approximate surface area is 140 Å². The van der Waals surface area contributed by atoms with Crippen molar-refractivity contribution in [3.8, 4) is 0 Å². The Bertz CT molecular complexity index is 675. The van der Waals surface area contributed by atoms with Gasteiger partial charge in [0.15, 0.2) is 5.78 Å². The molecule has 0 spiro atoms. The zero-order valence-corrected chi connectivity index (χ0v) is 14.5. The number of carbonyl (C=O) groups excluding carboxylic acids is 4. The number of carbonyl (C=O) groups is 4. The molecule has 0 fully saturated rings. The minimum Gasteiger partial charge on any atom is -0.465 e. The first kappa shape index (κ1) is 19.4. The molecular weight excluding hydrogens is 316 g/mol. The second kappa shape index (κ2) is 8.28. The predicted octanol–water partition coefficient (Wildman–Crippen LogP) is 0.870. The number of ketones is 1. The number of amides is 1. The van der Waals surface area contributed by atoms with Gasteiger partial charge in [0.1, 0.15) is 5.56 Å². The summed E-state index contributed by atoms with van der Waals surface area (Å²) in [5, 5.41) is 2.65. The number of ether oxygens (including phenoxy) is 2. The standard InChI is InChI=1S/C16H22N2O6/c1-9(19)14-13(16(22)24-5)12(15(21)23-4)11(18(14)3)7-6-8-17-10(2)20/h6-8H2,1-5H3,(H,17,20). The zero-order chi connectivity index (χ0) is 18.4. The van der Waals surface area contributed by atoms with Crippen molar-refractivity contribution in [2.24, 2.45) is 7.05 Å². The van der Waals surface area contributed by atoms with Crippen molar-refractivity contribution >= 4 is 23.6 Å². The van der Waals surface area contributed by atoms with Crippen molar-refractivity contribution in [1.29, 1.82) is 0 Å². The topological polar surface area (TPSA) is 104 Å². The van der Waals surface area contributed by atoms with Crippen LogP contribution in [0.25, 0.3) is 0 Å². The maximum atomic E-state index is 12.2. The highest BCUT2D eigenvalue weighted by Crippen LogP contribution is 2.26. The third kappa shape index (κ3) is 4.01. The average Bonchev–Trinajstić information content (AvgIpc) is 2.82. The summed E-state index contributed by atoms with van der Waals surface area (Å²) in [4.78, 5) is 47.2. The van der Waals surface area contributed by atoms with Gasteiger partial charge in [-0.1, -0.05) is 0 Å². The van der Waals surface area contributed by atoms with Gasteiger partial charge in [-0.3, -0.25) is 9.59 Å². The Morgan fingerprint density at radius 3 is 2.00 bits per heavy atom. The molecule has 0 atom stereocenters. The summed E-state index contributed by atoms with van der Waals surface area (Å²) < 4.78 is 11.0. The van der Waals surface area contributed by atoms with Crippen molar-refractivity contribution in [2.45, 2.75) is 26.7 Å². The SMILES string of the molecule is COC(=O)c1c(C(=O)OC)c(C(C)=O)n(C)c1CCCNC(C)=O. The molecule has 0 aromatic carbocycles. The first-order chi connectivity index (χ1) is 11.3. The van der Waals surface area contributed by atoms with Gasteiger partial charge < -0.3 is 19.4 Å². The van der Waals surface area contributed by atoms with E-state index >= 15 is 0 Å². The van der Waals surface area contributed by atoms with Crippen LogP contribution in [0.5, 0.6) is 0 Å². The third-order valence-corrected chi connectivity index (χ3v) is 3.59. The summed E-state index contributed by atoms with van der Waals surface area (Å²) in [6.07, 6.45) is 0.901. The highest BCUT2D eigenvalue weighted by molar-refractivity contribution is 6.12. The summed E-state index contributed by atoms with van der Waals surface area (Å²) in [5.41, 5.74) is 0.517. The van der Waals surface area contributed by atoms with Gasteiger partial charge in [0.25, 0.3) is 0 Å². The maximum Gasteiger partial charge on any atom is 0.341 e. The number of aromatic nitrogens is 1. The summed E-state index contributed by atoms with van der Waals surface area (Å²) in [6, 6.07) is 0. The van der Waals surface area contributed by atoms with Crippen LogP contribution in [-0.4, -0.2) is 49.0 Å². The van der Waals surface area contributed by atoms with Crippen LogP contribution in [0.2, 0.25) is 0 Å². The molecule has 1 aromatic heterocycles. The average molecular weight is 338 g/mol. The van der Waals surface area contributed by atoms with Crippen molar-refractivity contribution in [2.75, 3.05) is 20.8 Å². The smallest absolute Gasteiger partial charge is 0.341 e. The van der Waals surface area contributed by atoms with Crippen LogP contribution in [0.1, 0.15) is 57.2 Å². The van der Waals surface area contributed by atoms with E-state index in [2.05, 4.69) is 5.32 Å². The molecule has 0 bridgehead atoms. The normalized spacial score (nSPS) is 10.2. The lowest BCUT2D eigenvalue weighted by molar-refractivity contribution is -0.118. The van der Waals surface area contributed by atoms with E-state index in [1.165, 1.54) is 32.6 Å². The van der Waals surface area contributed by atoms with Crippen molar-refractivity contribution in [1.82, 2.24) is 9.88 Å². The summed E-state index contributed by atoms with van der Waals surface area (Å²) in [7, 11) is 3.98. The number of hydrogen-bond acceptors (Lipinski definition) is 6. The largest absolute Gasteiger partial charge is 0.465 e. The number of hydrogen-bond donors (Lipinski definition) is 1. The molecule has 0 saturated heterocycles. The molecule has 1 rings (SSSR count). The highest BCUT2D eigenvalue weighted by Gasteiger charge is 2.32. The van der Waals surface area contributed by atoms with Crippen LogP contribution < -0.4 is 5.32 Å². The van der Waals surface area contributed by atoms with Gasteiger partial charge in [0.2, 0.25) is 5.91 Å². The van der Waals surface area contributed by atoms with E-state index in [4.69, 9.17) is 9.47 Å². The molecule has 132 valence electrons. The fourth-order valence-corrected chi connectivity index (χ4v) is 2.58. The van der Waals surface area contributed by atoms with Crippen LogP contribution in [0, 0.1) is 0 Å². The highest BCUT2D eigenvalue weighted by atomic mass is 16.5. The van der Waals surface area contributed by atoms with E-state index in [1.54, 1.807) is 7.05 Å². The van der Waals surface area contributed by atoms with Gasteiger partial charge in [-0.25, -0.2) is 9.59 Å². The second-order valence-corrected chi connectivity index (χ2v) is 5.23. The molecule has 24 heavy (non-hydrogen) atoms. The molecule has 1 aromatic rings. The van der Waals surface area contributed by atoms with E-state index in [0.717, 1.165) is 0 Å². The van der Waals surface area contributed by atoms with Crippen LogP contribution in [-0.2, 0) is 27.7 Å². The van der Waals surface area contributed by atoms with E-state index in [1.807, 2.05) is 0 Å². The van der Waals surface area contributed by atoms with Crippen LogP contribution in [0.15, 0.2) is 0 Å². The molecule has 8 heteroatoms. The molecule has 1 amide bonds. The lowest BCUT2D eigenvalue weighted by atomic mass is 10.0. The van der Waals surface area contributed by atoms with Crippen molar-refractivity contribution in [3.63, 3.8) is 0 Å². The molecule has 0 aliphatic rings. The lowest BCUT2D eigenvalue weighted by Gasteiger charge is -2.08. The van der Waals surface area contributed by atoms with E-state index in [-0.39, 0.29) is 28.5 Å². The molecule has 0 saturated carbocycles. The van der Waals surface area contributed by atoms with Crippen LogP contribution in [0.3, 0.4) is 0 Å². The minimum absolute atomic E-state index is 0.0277. The third-order valence-electron chi connectivity index (χ3n) is 3.59. The van der Waals surface area contributed by atoms with Crippen LogP contribution in [0.4, 0.5) is 0 Å². The van der Waals surface area contributed by atoms with E-state index < -0.39 is 11.9 Å². The number of nitrogens with zero attached hydrogens (tertiary/aromatic N) is 1. The van der Waals surface area contributed by atoms with Gasteiger partial charge in [0, 0.05) is 33.1 Å². The monoisotopic (exact) mass is 338 g/mol. The molecule has 0 unspecified atom stereocenters. The number of methoxy groups -OCH3 is 2. The Balaban J connectivity index is 3.39. The first-order valence-corrected chi connectivity index (χ1v) is 7.39. The molecule has 0 aliphatic heterocycles. The maximum absolute atomic E-state index is 12.2. The van der Waals surface area contributed by atoms with Crippen LogP contribution >= 0.6 is 0 Å². The number of Topliss-reactive ketones (excluding diaryl/α,β-unsaturated/α-hetero) is 1. The van der Waals surface area contributed by atoms with Crippen molar-refractivity contribution in [3.05, 3.63) is 22.5 Å². The van der Waals surface area contributed by atoms with Crippen molar-refractivity contribution < 1.29 is 28.7 Å². The quantitative estimate of drug-likeness (QED) is 0.449. The Morgan fingerprint density at radius 2 is 1.54 bits per heavy atom. The first-order valence-electron chi connectivity index (χ1n) is 7.39. The Kier molecular flexibility index (Phi) is 6.69. The van der Waals surface area contributed by atoms with Gasteiger partial charge in [-0.05, 0) is 12.8 Å². The molecule has 0 aliphatic carbocycles. The predicted molar refractivity (Wildman–Crippen MR) is 85.1 cm³/mol. The fraction of sp³-hybridized carbons (Fsp3) is 0.500. The summed E-state index contributed by atoms with van der Waals surface area (Å²) in [5.74, 6) is -2.01. The summed E-state index contributed by atoms with van der Waals surface area (Å²) in [6.45, 7) is 3.12. The van der Waals surface area contributed by atoms with Gasteiger partial charge in [-0.2, -0.15) is 0 Å². The van der Waals surface area contributed by atoms with E-state index in [0.29, 0.717) is 25.1 Å². The lowest BCUT2D eigenvalue weighted by Crippen LogP contribution is -2.21. The zero-order valence-electron chi connectivity index (χ0n) is 14.5. The van der Waals surface area contributed by atoms with E-state index in [9.17, 15) is 19.2 Å². The molecule has 1 N–H and O–H groups in total. The Morgan fingerprint density at radius 1 is 1.00 bits per heavy atom. The molecular formula is C16H22N2O6. The fourth-order valence-electron chi connectivity index (χ4n) is 2.58. The molecule has 8 nitrogen and oxygen atoms in total. The molecule has 1 heterocycles. The second-order valence-electron chi connectivity index (χ2n) is 5.23. The Hall–Kier alpha value is -2.64.